The molecule has 2 N–H and O–H groups in total. The Bertz CT molecular complexity index is 1120. The molecule has 1 aromatic carbocycles. The highest BCUT2D eigenvalue weighted by molar-refractivity contribution is 6.31. The van der Waals surface area contributed by atoms with Gasteiger partial charge >= 0.3 is 0 Å². The summed E-state index contributed by atoms with van der Waals surface area (Å²) in [5.74, 6) is 1.56. The lowest BCUT2D eigenvalue weighted by molar-refractivity contribution is -0.390. The summed E-state index contributed by atoms with van der Waals surface area (Å²) >= 11 is 6.11. The Morgan fingerprint density at radius 3 is 2.54 bits per heavy atom. The van der Waals surface area contributed by atoms with Gasteiger partial charge in [-0.05, 0) is 56.1 Å². The third-order valence-electron chi connectivity index (χ3n) is 9.24. The monoisotopic (exact) mass is 498 g/mol. The Hall–Kier alpha value is -1.93. The zero-order valence-corrected chi connectivity index (χ0v) is 20.7. The van der Waals surface area contributed by atoms with Crippen LogP contribution in [0.5, 0.6) is 0 Å². The highest BCUT2D eigenvalue weighted by atomic mass is 35.5. The maximum atomic E-state index is 12.9. The number of halogens is 1. The summed E-state index contributed by atoms with van der Waals surface area (Å²) in [4.78, 5) is 30.2. The number of benzene rings is 1. The second-order valence-electron chi connectivity index (χ2n) is 11.3. The number of ether oxygens (including phenoxy) is 1. The molecule has 4 aliphatic carbocycles. The Morgan fingerprint density at radius 1 is 1.06 bits per heavy atom. The predicted octanol–water partition coefficient (Wildman–Crippen LogP) is 4.56. The molecule has 35 heavy (non-hydrogen) atoms. The van der Waals surface area contributed by atoms with E-state index in [2.05, 4.69) is 10.3 Å². The molecule has 1 aromatic heterocycles. The lowest BCUT2D eigenvalue weighted by Crippen LogP contribution is -2.59. The highest BCUT2D eigenvalue weighted by Crippen LogP contribution is 2.63. The average Bonchev–Trinajstić information content (AvgIpc) is 3.22. The van der Waals surface area contributed by atoms with Crippen molar-refractivity contribution >= 4 is 34.1 Å². The number of amides is 1. The number of piperidine rings is 1. The number of hydrogen-bond acceptors (Lipinski definition) is 5. The molecular formula is C27H33ClN3O4+. The van der Waals surface area contributed by atoms with E-state index in [1.54, 1.807) is 0 Å². The number of rotatable bonds is 4. The first-order valence-corrected chi connectivity index (χ1v) is 13.6. The largest absolute Gasteiger partial charge is 0.384 e. The third-order valence-corrected chi connectivity index (χ3v) is 9.47. The van der Waals surface area contributed by atoms with Crippen molar-refractivity contribution in [2.45, 2.75) is 62.9 Å². The van der Waals surface area contributed by atoms with Gasteiger partial charge in [0.25, 0.3) is 0 Å². The summed E-state index contributed by atoms with van der Waals surface area (Å²) in [6.07, 6.45) is 9.91. The molecule has 186 valence electrons. The number of likely N-dealkylation sites (tertiary alicyclic amines) is 1. The number of aromatic amines is 1. The van der Waals surface area contributed by atoms with Crippen LogP contribution in [-0.4, -0.2) is 42.0 Å². The second kappa shape index (κ2) is 8.30. The molecule has 8 rings (SSSR count). The number of nitrogens with one attached hydrogen (secondary N) is 2. The van der Waals surface area contributed by atoms with E-state index >= 15 is 0 Å². The number of fused-ring (bicyclic) bond motifs is 1. The third kappa shape index (κ3) is 3.74. The fourth-order valence-corrected chi connectivity index (χ4v) is 7.86. The molecule has 2 spiro atoms. The van der Waals surface area contributed by atoms with Crippen molar-refractivity contribution in [1.29, 1.82) is 0 Å². The van der Waals surface area contributed by atoms with Gasteiger partial charge in [0.1, 0.15) is 0 Å². The van der Waals surface area contributed by atoms with Gasteiger partial charge in [0.05, 0.1) is 11.1 Å². The van der Waals surface area contributed by atoms with Crippen LogP contribution in [0.4, 0.5) is 5.69 Å². The second-order valence-corrected chi connectivity index (χ2v) is 11.8. The zero-order chi connectivity index (χ0) is 23.6. The summed E-state index contributed by atoms with van der Waals surface area (Å²) in [5.41, 5.74) is 1.96. The van der Waals surface area contributed by atoms with E-state index in [1.165, 1.54) is 32.1 Å². The van der Waals surface area contributed by atoms with E-state index in [0.29, 0.717) is 55.8 Å². The van der Waals surface area contributed by atoms with Crippen molar-refractivity contribution in [3.8, 4) is 0 Å². The molecule has 0 radical (unpaired) electrons. The van der Waals surface area contributed by atoms with Gasteiger partial charge in [-0.1, -0.05) is 11.6 Å². The van der Waals surface area contributed by atoms with E-state index < -0.39 is 11.6 Å². The van der Waals surface area contributed by atoms with Crippen LogP contribution in [0.1, 0.15) is 51.4 Å². The maximum absolute atomic E-state index is 12.9. The molecule has 4 saturated carbocycles. The highest BCUT2D eigenvalue weighted by Gasteiger charge is 2.66. The van der Waals surface area contributed by atoms with Gasteiger partial charge in [-0.3, -0.25) is 4.79 Å². The molecular weight excluding hydrogens is 466 g/mol. The van der Waals surface area contributed by atoms with Gasteiger partial charge < -0.3 is 15.0 Å². The summed E-state index contributed by atoms with van der Waals surface area (Å²) < 4.78 is 6.76. The van der Waals surface area contributed by atoms with E-state index in [-0.39, 0.29) is 5.91 Å². The molecule has 0 unspecified atom stereocenters. The minimum Gasteiger partial charge on any atom is -0.384 e. The first-order valence-electron chi connectivity index (χ1n) is 13.2. The fraction of sp³-hybridized carbons (Fsp3) is 0.630. The molecule has 0 atom stereocenters. The van der Waals surface area contributed by atoms with Gasteiger partial charge in [0.2, 0.25) is 23.0 Å². The number of carbonyl (C=O) groups is 1. The molecule has 2 saturated heterocycles. The first kappa shape index (κ1) is 22.3. The number of carbonyl (C=O) groups excluding carboxylic acids is 1. The Labute approximate surface area is 210 Å². The van der Waals surface area contributed by atoms with Gasteiger partial charge in [0, 0.05) is 67.9 Å². The molecule has 6 aliphatic rings. The van der Waals surface area contributed by atoms with E-state index in [1.807, 2.05) is 35.4 Å². The quantitative estimate of drug-likeness (QED) is 0.625. The molecule has 2 aliphatic heterocycles. The molecule has 1 amide bonds. The van der Waals surface area contributed by atoms with E-state index in [0.717, 1.165) is 28.4 Å². The van der Waals surface area contributed by atoms with Crippen molar-refractivity contribution < 1.29 is 24.3 Å². The van der Waals surface area contributed by atoms with Crippen molar-refractivity contribution in [2.75, 3.05) is 25.0 Å². The lowest BCUT2D eigenvalue weighted by Gasteiger charge is -2.57. The first-order chi connectivity index (χ1) is 17.0. The minimum absolute atomic E-state index is 0.158. The molecule has 3 heterocycles. The van der Waals surface area contributed by atoms with E-state index in [9.17, 15) is 4.79 Å². The topological polar surface area (TPSA) is 74.2 Å². The number of aromatic nitrogens is 1. The standard InChI is InChI=1S/C27H32ClN3O4/c28-21-1-2-22-23(3-7-30-24(22)16-21)29-8-4-25(32)31-9-5-26(6-10-31)33-27(35-34-26)19-12-17-11-18(14-19)15-20(27)13-17/h1-3,7,16-20H,4-6,8-15H2,(H,29,30)/p+1. The average molecular weight is 499 g/mol. The van der Waals surface area contributed by atoms with Crippen LogP contribution >= 0.6 is 11.6 Å². The fourth-order valence-electron chi connectivity index (χ4n) is 7.68. The van der Waals surface area contributed by atoms with Crippen LogP contribution in [-0.2, 0) is 19.3 Å². The van der Waals surface area contributed by atoms with Crippen molar-refractivity contribution in [1.82, 2.24) is 4.90 Å². The Kier molecular flexibility index (Phi) is 5.28. The van der Waals surface area contributed by atoms with Crippen molar-refractivity contribution in [2.24, 2.45) is 23.7 Å². The predicted molar refractivity (Wildman–Crippen MR) is 130 cm³/mol. The molecule has 8 heteroatoms. The van der Waals surface area contributed by atoms with Crippen LogP contribution in [0.15, 0.2) is 30.5 Å². The Balaban J connectivity index is 0.941. The lowest BCUT2D eigenvalue weighted by atomic mass is 9.53. The zero-order valence-electron chi connectivity index (χ0n) is 19.9. The van der Waals surface area contributed by atoms with Gasteiger partial charge in [0.15, 0.2) is 6.20 Å². The van der Waals surface area contributed by atoms with Gasteiger partial charge in [-0.2, -0.15) is 9.78 Å². The molecule has 2 aromatic rings. The molecule has 4 bridgehead atoms. The summed E-state index contributed by atoms with van der Waals surface area (Å²) in [6.45, 7) is 1.86. The van der Waals surface area contributed by atoms with Crippen LogP contribution in [0.3, 0.4) is 0 Å². The maximum Gasteiger partial charge on any atom is 0.224 e. The van der Waals surface area contributed by atoms with Crippen LogP contribution < -0.4 is 10.3 Å². The summed E-state index contributed by atoms with van der Waals surface area (Å²) in [7, 11) is 0. The van der Waals surface area contributed by atoms with Crippen LogP contribution in [0, 0.1) is 23.7 Å². The number of pyridine rings is 1. The van der Waals surface area contributed by atoms with Crippen LogP contribution in [0.2, 0.25) is 5.02 Å². The molecule has 6 fully saturated rings. The Morgan fingerprint density at radius 2 is 1.80 bits per heavy atom. The molecule has 7 nitrogen and oxygen atoms in total. The summed E-state index contributed by atoms with van der Waals surface area (Å²) in [6, 6.07) is 7.76. The van der Waals surface area contributed by atoms with Gasteiger partial charge in [-0.25, -0.2) is 4.98 Å². The van der Waals surface area contributed by atoms with Gasteiger partial charge in [-0.15, -0.1) is 0 Å². The van der Waals surface area contributed by atoms with Crippen molar-refractivity contribution in [3.63, 3.8) is 0 Å². The van der Waals surface area contributed by atoms with Crippen molar-refractivity contribution in [3.05, 3.63) is 35.5 Å². The normalized spacial score (nSPS) is 34.8. The number of hydrogen-bond donors (Lipinski definition) is 1. The minimum atomic E-state index is -0.689. The smallest absolute Gasteiger partial charge is 0.224 e. The number of nitrogens with zero attached hydrogens (tertiary/aromatic N) is 1. The number of H-pyrrole nitrogens is 1. The van der Waals surface area contributed by atoms with E-state index in [4.69, 9.17) is 26.1 Å². The summed E-state index contributed by atoms with van der Waals surface area (Å²) in [5, 5.41) is 5.16. The van der Waals surface area contributed by atoms with Crippen LogP contribution in [0.25, 0.3) is 10.9 Å². The number of anilines is 1. The SMILES string of the molecule is O=C(CCNc1cc[nH+]c2cc(Cl)ccc12)N1CCC2(CC1)OOC1(O2)C2CC3CC(C2)CC1C3.